The fraction of sp³-hybridized carbons (Fsp3) is 0.0851. The number of rotatable bonds is 7. The van der Waals surface area contributed by atoms with Gasteiger partial charge >= 0.3 is 0 Å². The van der Waals surface area contributed by atoms with Crippen molar-refractivity contribution in [1.29, 1.82) is 0 Å². The molecule has 0 saturated carbocycles. The molecule has 9 aromatic rings. The van der Waals surface area contributed by atoms with Gasteiger partial charge in [0.2, 0.25) is 5.89 Å². The highest BCUT2D eigenvalue weighted by Gasteiger charge is 2.16. The first-order valence-corrected chi connectivity index (χ1v) is 17.4. The van der Waals surface area contributed by atoms with Crippen molar-refractivity contribution in [2.45, 2.75) is 26.7 Å². The average molecular weight is 645 g/mol. The van der Waals surface area contributed by atoms with E-state index in [-0.39, 0.29) is 0 Å². The summed E-state index contributed by atoms with van der Waals surface area (Å²) in [5, 5.41) is 2.55. The summed E-state index contributed by atoms with van der Waals surface area (Å²) in [6, 6.07) is 56.9. The van der Waals surface area contributed by atoms with Gasteiger partial charge in [0.05, 0.1) is 11.0 Å². The summed E-state index contributed by atoms with van der Waals surface area (Å²) in [6.45, 7) is 4.31. The van der Waals surface area contributed by atoms with E-state index < -0.39 is 0 Å². The topological polar surface area (TPSA) is 31.0 Å². The van der Waals surface area contributed by atoms with Crippen molar-refractivity contribution in [3.05, 3.63) is 169 Å². The Morgan fingerprint density at radius 2 is 1.14 bits per heavy atom. The van der Waals surface area contributed by atoms with Crippen molar-refractivity contribution in [2.24, 2.45) is 0 Å². The van der Waals surface area contributed by atoms with E-state index >= 15 is 0 Å². The Labute approximate surface area is 292 Å². The van der Waals surface area contributed by atoms with Crippen molar-refractivity contribution in [2.75, 3.05) is 0 Å². The highest BCUT2D eigenvalue weighted by Crippen LogP contribution is 2.40. The van der Waals surface area contributed by atoms with Gasteiger partial charge in [0.1, 0.15) is 5.52 Å². The molecule has 9 rings (SSSR count). The molecule has 0 N–H and O–H groups in total. The molecular formula is C47H36N2O. The van der Waals surface area contributed by atoms with Gasteiger partial charge in [-0.25, -0.2) is 4.98 Å². The minimum Gasteiger partial charge on any atom is -0.436 e. The largest absolute Gasteiger partial charge is 0.436 e. The maximum absolute atomic E-state index is 6.14. The molecule has 0 bridgehead atoms. The normalized spacial score (nSPS) is 11.6. The van der Waals surface area contributed by atoms with Crippen LogP contribution in [0, 0.1) is 6.92 Å². The van der Waals surface area contributed by atoms with Gasteiger partial charge in [0.15, 0.2) is 5.58 Å². The minimum absolute atomic E-state index is 0.646. The second-order valence-electron chi connectivity index (χ2n) is 13.1. The van der Waals surface area contributed by atoms with Crippen molar-refractivity contribution < 1.29 is 4.42 Å². The molecule has 0 spiro atoms. The summed E-state index contributed by atoms with van der Waals surface area (Å²) >= 11 is 0. The summed E-state index contributed by atoms with van der Waals surface area (Å²) in [7, 11) is 0. The Bertz CT molecular complexity index is 2600. The van der Waals surface area contributed by atoms with Gasteiger partial charge in [-0.05, 0) is 100 Å². The maximum Gasteiger partial charge on any atom is 0.227 e. The van der Waals surface area contributed by atoms with E-state index in [2.05, 4.69) is 164 Å². The van der Waals surface area contributed by atoms with Crippen LogP contribution in [-0.2, 0) is 6.42 Å². The van der Waals surface area contributed by atoms with Crippen LogP contribution >= 0.6 is 0 Å². The van der Waals surface area contributed by atoms with Gasteiger partial charge in [0, 0.05) is 22.0 Å². The number of oxazole rings is 1. The number of nitrogens with zero attached hydrogens (tertiary/aromatic N) is 2. The van der Waals surface area contributed by atoms with E-state index in [4.69, 9.17) is 9.40 Å². The van der Waals surface area contributed by atoms with Crippen LogP contribution in [0.25, 0.3) is 83.4 Å². The molecule has 3 nitrogen and oxygen atoms in total. The molecule has 0 unspecified atom stereocenters. The van der Waals surface area contributed by atoms with Crippen LogP contribution < -0.4 is 0 Å². The van der Waals surface area contributed by atoms with Crippen LogP contribution in [0.15, 0.2) is 162 Å². The van der Waals surface area contributed by atoms with Crippen LogP contribution in [0.4, 0.5) is 0 Å². The van der Waals surface area contributed by atoms with Gasteiger partial charge in [0.25, 0.3) is 0 Å². The smallest absolute Gasteiger partial charge is 0.227 e. The summed E-state index contributed by atoms with van der Waals surface area (Å²) in [5.74, 6) is 0.646. The predicted molar refractivity (Wildman–Crippen MR) is 209 cm³/mol. The SMILES string of the molecule is CCCc1ccc(-c2ccc(-n3c4ccccc4c4ccccc43)cc2)c(-c2ccccc2-c2ccc(-c3nc4c(C)cccc4o3)cc2)c1. The Kier molecular flexibility index (Phi) is 7.39. The van der Waals surface area contributed by atoms with E-state index in [1.165, 1.54) is 55.2 Å². The molecule has 7 aromatic carbocycles. The molecule has 240 valence electrons. The van der Waals surface area contributed by atoms with Crippen LogP contribution in [0.1, 0.15) is 24.5 Å². The molecule has 0 aliphatic heterocycles. The molecule has 0 aliphatic carbocycles. The fourth-order valence-corrected chi connectivity index (χ4v) is 7.47. The Morgan fingerprint density at radius 3 is 1.82 bits per heavy atom. The predicted octanol–water partition coefficient (Wildman–Crippen LogP) is 12.9. The molecule has 3 heteroatoms. The molecule has 0 saturated heterocycles. The lowest BCUT2D eigenvalue weighted by atomic mass is 9.87. The number of aromatic nitrogens is 2. The zero-order valence-corrected chi connectivity index (χ0v) is 28.2. The molecule has 0 radical (unpaired) electrons. The van der Waals surface area contributed by atoms with Gasteiger partial charge < -0.3 is 8.98 Å². The van der Waals surface area contributed by atoms with Gasteiger partial charge in [-0.15, -0.1) is 0 Å². The van der Waals surface area contributed by atoms with Crippen molar-refractivity contribution >= 4 is 32.9 Å². The molecule has 0 fully saturated rings. The lowest BCUT2D eigenvalue weighted by Gasteiger charge is -2.17. The molecule has 2 aromatic heterocycles. The van der Waals surface area contributed by atoms with Crippen LogP contribution in [0.5, 0.6) is 0 Å². The quantitative estimate of drug-likeness (QED) is 0.173. The maximum atomic E-state index is 6.14. The monoisotopic (exact) mass is 644 g/mol. The number of para-hydroxylation sites is 3. The molecular weight excluding hydrogens is 609 g/mol. The molecule has 0 amide bonds. The van der Waals surface area contributed by atoms with E-state index in [0.717, 1.165) is 46.3 Å². The van der Waals surface area contributed by atoms with Crippen molar-refractivity contribution in [3.8, 4) is 50.5 Å². The van der Waals surface area contributed by atoms with Crippen LogP contribution in [0.3, 0.4) is 0 Å². The molecule has 0 aliphatic rings. The second kappa shape index (κ2) is 12.4. The molecule has 2 heterocycles. The van der Waals surface area contributed by atoms with E-state index in [1.807, 2.05) is 12.1 Å². The molecule has 0 atom stereocenters. The number of benzene rings is 7. The van der Waals surface area contributed by atoms with Crippen molar-refractivity contribution in [1.82, 2.24) is 9.55 Å². The fourth-order valence-electron chi connectivity index (χ4n) is 7.47. The van der Waals surface area contributed by atoms with Crippen LogP contribution in [-0.4, -0.2) is 9.55 Å². The van der Waals surface area contributed by atoms with Crippen LogP contribution in [0.2, 0.25) is 0 Å². The first-order valence-electron chi connectivity index (χ1n) is 17.4. The number of aryl methyl sites for hydroxylation is 2. The zero-order valence-electron chi connectivity index (χ0n) is 28.2. The van der Waals surface area contributed by atoms with Gasteiger partial charge in [-0.1, -0.05) is 129 Å². The highest BCUT2D eigenvalue weighted by molar-refractivity contribution is 6.09. The lowest BCUT2D eigenvalue weighted by Crippen LogP contribution is -1.95. The first-order chi connectivity index (χ1) is 24.7. The highest BCUT2D eigenvalue weighted by atomic mass is 16.3. The second-order valence-corrected chi connectivity index (χ2v) is 13.1. The standard InChI is InChI=1S/C47H36N2O/c1-3-11-32-20-29-38(34-25-27-36(28-26-34)49-43-17-8-6-15-40(43)41-16-7-9-18-44(41)49)42(30-32)39-14-5-4-13-37(39)33-21-23-35(24-22-33)47-48-46-31(2)12-10-19-45(46)50-47/h4-10,12-30H,3,11H2,1-2H3. The third kappa shape index (κ3) is 5.10. The van der Waals surface area contributed by atoms with E-state index in [0.29, 0.717) is 5.89 Å². The minimum atomic E-state index is 0.646. The van der Waals surface area contributed by atoms with Gasteiger partial charge in [-0.2, -0.15) is 0 Å². The average Bonchev–Trinajstić information content (AvgIpc) is 3.76. The first kappa shape index (κ1) is 29.9. The number of fused-ring (bicyclic) bond motifs is 4. The summed E-state index contributed by atoms with van der Waals surface area (Å²) in [5.41, 5.74) is 16.0. The van der Waals surface area contributed by atoms with E-state index in [9.17, 15) is 0 Å². The third-order valence-electron chi connectivity index (χ3n) is 9.92. The number of hydrogen-bond acceptors (Lipinski definition) is 2. The van der Waals surface area contributed by atoms with E-state index in [1.54, 1.807) is 0 Å². The summed E-state index contributed by atoms with van der Waals surface area (Å²) in [6.07, 6.45) is 2.14. The summed E-state index contributed by atoms with van der Waals surface area (Å²) < 4.78 is 8.51. The Hall–Kier alpha value is -6.19. The lowest BCUT2D eigenvalue weighted by molar-refractivity contribution is 0.620. The Morgan fingerprint density at radius 1 is 0.540 bits per heavy atom. The Balaban J connectivity index is 1.12. The molecule has 50 heavy (non-hydrogen) atoms. The third-order valence-corrected chi connectivity index (χ3v) is 9.92. The summed E-state index contributed by atoms with van der Waals surface area (Å²) in [4.78, 5) is 4.81. The number of hydrogen-bond donors (Lipinski definition) is 0. The zero-order chi connectivity index (χ0) is 33.6. The van der Waals surface area contributed by atoms with Gasteiger partial charge in [-0.3, -0.25) is 0 Å². The van der Waals surface area contributed by atoms with Crippen molar-refractivity contribution in [3.63, 3.8) is 0 Å².